The highest BCUT2D eigenvalue weighted by Gasteiger charge is 2.16. The molecule has 3 heterocycles. The third-order valence-corrected chi connectivity index (χ3v) is 5.02. The summed E-state index contributed by atoms with van der Waals surface area (Å²) in [5, 5.41) is 8.75. The van der Waals surface area contributed by atoms with Gasteiger partial charge in [-0.15, -0.1) is 0 Å². The highest BCUT2D eigenvalue weighted by molar-refractivity contribution is 9.10. The molecule has 1 saturated heterocycles. The molecule has 2 aromatic heterocycles. The van der Waals surface area contributed by atoms with Gasteiger partial charge in [-0.3, -0.25) is 0 Å². The van der Waals surface area contributed by atoms with E-state index in [1.54, 1.807) is 11.0 Å². The molecule has 1 fully saturated rings. The molecule has 0 atom stereocenters. The van der Waals surface area contributed by atoms with Crippen molar-refractivity contribution in [2.45, 2.75) is 19.4 Å². The summed E-state index contributed by atoms with van der Waals surface area (Å²) < 4.78 is 2.51. The van der Waals surface area contributed by atoms with Crippen LogP contribution in [0.4, 0.5) is 11.5 Å². The molecule has 0 amide bonds. The van der Waals surface area contributed by atoms with Crippen molar-refractivity contribution in [3.8, 4) is 0 Å². The van der Waals surface area contributed by atoms with Crippen LogP contribution < -0.4 is 10.2 Å². The van der Waals surface area contributed by atoms with Crippen molar-refractivity contribution in [1.29, 1.82) is 0 Å². The van der Waals surface area contributed by atoms with Gasteiger partial charge in [0.05, 0.1) is 5.39 Å². The van der Waals surface area contributed by atoms with E-state index in [2.05, 4.69) is 65.5 Å². The predicted octanol–water partition coefficient (Wildman–Crippen LogP) is 3.34. The molecule has 1 aliphatic heterocycles. The van der Waals surface area contributed by atoms with Crippen LogP contribution >= 0.6 is 15.9 Å². The van der Waals surface area contributed by atoms with E-state index in [0.717, 1.165) is 41.1 Å². The standard InChI is InChI=1S/C17H19BrN6/c1-23-17-14(15(18)22-23)16(20-11-21-17)19-10-12-6-2-3-7-13(12)24-8-4-5-9-24/h2-3,6-7,11H,4-5,8-10H2,1H3,(H,19,20,21). The van der Waals surface area contributed by atoms with Crippen molar-refractivity contribution >= 4 is 38.5 Å². The van der Waals surface area contributed by atoms with Gasteiger partial charge in [0.25, 0.3) is 0 Å². The number of nitrogens with one attached hydrogen (secondary N) is 1. The third kappa shape index (κ3) is 2.73. The van der Waals surface area contributed by atoms with Crippen LogP contribution in [-0.4, -0.2) is 32.8 Å². The summed E-state index contributed by atoms with van der Waals surface area (Å²) in [7, 11) is 1.88. The van der Waals surface area contributed by atoms with Gasteiger partial charge in [0.1, 0.15) is 16.7 Å². The number of hydrogen-bond acceptors (Lipinski definition) is 5. The maximum atomic E-state index is 4.40. The van der Waals surface area contributed by atoms with E-state index < -0.39 is 0 Å². The molecule has 3 aromatic rings. The average molecular weight is 387 g/mol. The van der Waals surface area contributed by atoms with Crippen molar-refractivity contribution in [3.05, 3.63) is 40.8 Å². The molecule has 0 radical (unpaired) electrons. The van der Waals surface area contributed by atoms with Gasteiger partial charge in [-0.2, -0.15) is 5.10 Å². The number of halogens is 1. The van der Waals surface area contributed by atoms with Crippen LogP contribution in [0.1, 0.15) is 18.4 Å². The summed E-state index contributed by atoms with van der Waals surface area (Å²) in [6, 6.07) is 8.58. The lowest BCUT2D eigenvalue weighted by atomic mass is 10.1. The number of hydrogen-bond donors (Lipinski definition) is 1. The SMILES string of the molecule is Cn1nc(Br)c2c(NCc3ccccc3N3CCCC3)ncnc21. The number of aromatic nitrogens is 4. The quantitative estimate of drug-likeness (QED) is 0.744. The lowest BCUT2D eigenvalue weighted by Crippen LogP contribution is -2.20. The molecule has 0 bridgehead atoms. The van der Waals surface area contributed by atoms with E-state index >= 15 is 0 Å². The van der Waals surface area contributed by atoms with Gasteiger partial charge in [-0.05, 0) is 40.4 Å². The van der Waals surface area contributed by atoms with E-state index in [4.69, 9.17) is 0 Å². The molecule has 0 saturated carbocycles. The highest BCUT2D eigenvalue weighted by atomic mass is 79.9. The number of benzene rings is 1. The molecule has 1 aromatic carbocycles. The smallest absolute Gasteiger partial charge is 0.164 e. The topological polar surface area (TPSA) is 58.9 Å². The van der Waals surface area contributed by atoms with Gasteiger partial charge in [0, 0.05) is 32.4 Å². The van der Waals surface area contributed by atoms with Crippen LogP contribution in [0.5, 0.6) is 0 Å². The maximum absolute atomic E-state index is 4.40. The molecule has 124 valence electrons. The Kier molecular flexibility index (Phi) is 4.10. The van der Waals surface area contributed by atoms with E-state index in [0.29, 0.717) is 0 Å². The Hall–Kier alpha value is -2.15. The molecule has 0 aliphatic carbocycles. The van der Waals surface area contributed by atoms with Crippen LogP contribution in [0.25, 0.3) is 11.0 Å². The lowest BCUT2D eigenvalue weighted by molar-refractivity contribution is 0.777. The Morgan fingerprint density at radius 2 is 1.96 bits per heavy atom. The molecule has 24 heavy (non-hydrogen) atoms. The van der Waals surface area contributed by atoms with Crippen molar-refractivity contribution in [1.82, 2.24) is 19.7 Å². The molecule has 1 aliphatic rings. The molecule has 0 spiro atoms. The van der Waals surface area contributed by atoms with E-state index in [1.807, 2.05) is 7.05 Å². The minimum atomic E-state index is 0.722. The second-order valence-corrected chi connectivity index (χ2v) is 6.76. The van der Waals surface area contributed by atoms with Crippen molar-refractivity contribution < 1.29 is 0 Å². The Morgan fingerprint density at radius 3 is 2.79 bits per heavy atom. The summed E-state index contributed by atoms with van der Waals surface area (Å²) in [4.78, 5) is 11.2. The van der Waals surface area contributed by atoms with Crippen molar-refractivity contribution in [2.24, 2.45) is 7.05 Å². The van der Waals surface area contributed by atoms with Gasteiger partial charge in [0.2, 0.25) is 0 Å². The van der Waals surface area contributed by atoms with Crippen LogP contribution in [-0.2, 0) is 13.6 Å². The molecule has 1 N–H and O–H groups in total. The molecular formula is C17H19BrN6. The molecular weight excluding hydrogens is 368 g/mol. The fourth-order valence-corrected chi connectivity index (χ4v) is 3.88. The number of rotatable bonds is 4. The second-order valence-electron chi connectivity index (χ2n) is 6.01. The second kappa shape index (κ2) is 6.39. The number of aryl methyl sites for hydroxylation is 1. The number of para-hydroxylation sites is 1. The fourth-order valence-electron chi connectivity index (χ4n) is 3.28. The zero-order chi connectivity index (χ0) is 16.5. The summed E-state index contributed by atoms with van der Waals surface area (Å²) in [5.74, 6) is 0.802. The zero-order valence-corrected chi connectivity index (χ0v) is 15.1. The highest BCUT2D eigenvalue weighted by Crippen LogP contribution is 2.29. The summed E-state index contributed by atoms with van der Waals surface area (Å²) in [6.07, 6.45) is 4.12. The van der Waals surface area contributed by atoms with Gasteiger partial charge in [-0.1, -0.05) is 18.2 Å². The zero-order valence-electron chi connectivity index (χ0n) is 13.5. The van der Waals surface area contributed by atoms with E-state index in [1.165, 1.54) is 24.1 Å². The van der Waals surface area contributed by atoms with Crippen molar-refractivity contribution in [2.75, 3.05) is 23.3 Å². The number of anilines is 2. The van der Waals surface area contributed by atoms with Gasteiger partial charge < -0.3 is 10.2 Å². The maximum Gasteiger partial charge on any atom is 0.164 e. The number of fused-ring (bicyclic) bond motifs is 1. The van der Waals surface area contributed by atoms with Crippen LogP contribution in [0.2, 0.25) is 0 Å². The van der Waals surface area contributed by atoms with E-state index in [-0.39, 0.29) is 0 Å². The Balaban J connectivity index is 1.62. The summed E-state index contributed by atoms with van der Waals surface area (Å²) in [5.41, 5.74) is 3.41. The van der Waals surface area contributed by atoms with E-state index in [9.17, 15) is 0 Å². The Labute approximate surface area is 149 Å². The Bertz CT molecular complexity index is 869. The number of nitrogens with zero attached hydrogens (tertiary/aromatic N) is 5. The third-order valence-electron chi connectivity index (χ3n) is 4.46. The first-order chi connectivity index (χ1) is 11.7. The van der Waals surface area contributed by atoms with Crippen LogP contribution in [0.3, 0.4) is 0 Å². The molecule has 0 unspecified atom stereocenters. The Morgan fingerprint density at radius 1 is 1.17 bits per heavy atom. The predicted molar refractivity (Wildman–Crippen MR) is 99.2 cm³/mol. The summed E-state index contributed by atoms with van der Waals surface area (Å²) >= 11 is 3.50. The monoisotopic (exact) mass is 386 g/mol. The fraction of sp³-hybridized carbons (Fsp3) is 0.353. The molecule has 4 rings (SSSR count). The molecule has 6 nitrogen and oxygen atoms in total. The average Bonchev–Trinajstić information content (AvgIpc) is 3.23. The minimum absolute atomic E-state index is 0.722. The first-order valence-electron chi connectivity index (χ1n) is 8.14. The van der Waals surface area contributed by atoms with Crippen LogP contribution in [0, 0.1) is 0 Å². The minimum Gasteiger partial charge on any atom is -0.371 e. The van der Waals surface area contributed by atoms with Gasteiger partial charge in [0.15, 0.2) is 5.65 Å². The largest absolute Gasteiger partial charge is 0.371 e. The van der Waals surface area contributed by atoms with Crippen LogP contribution in [0.15, 0.2) is 35.2 Å². The molecule has 7 heteroatoms. The first-order valence-corrected chi connectivity index (χ1v) is 8.93. The summed E-state index contributed by atoms with van der Waals surface area (Å²) in [6.45, 7) is 3.01. The normalized spacial score (nSPS) is 14.5. The van der Waals surface area contributed by atoms with Crippen molar-refractivity contribution in [3.63, 3.8) is 0 Å². The lowest BCUT2D eigenvalue weighted by Gasteiger charge is -2.21. The van der Waals surface area contributed by atoms with Gasteiger partial charge in [-0.25, -0.2) is 14.6 Å². The van der Waals surface area contributed by atoms with Gasteiger partial charge >= 0.3 is 0 Å². The first kappa shape index (κ1) is 15.4.